The number of fused-ring (bicyclic) bond motifs is 1. The zero-order valence-electron chi connectivity index (χ0n) is 16.4. The number of benzene rings is 2. The molecule has 2 aromatic carbocycles. The average Bonchev–Trinajstić information content (AvgIpc) is 3.07. The molecule has 4 rings (SSSR count). The Morgan fingerprint density at radius 2 is 2.00 bits per heavy atom. The van der Waals surface area contributed by atoms with Crippen LogP contribution in [0.1, 0.15) is 11.1 Å². The molecule has 156 valence electrons. The Morgan fingerprint density at radius 3 is 2.77 bits per heavy atom. The van der Waals surface area contributed by atoms with Crippen molar-refractivity contribution in [3.63, 3.8) is 0 Å². The van der Waals surface area contributed by atoms with E-state index in [4.69, 9.17) is 25.8 Å². The minimum absolute atomic E-state index is 0.0761. The molecule has 0 radical (unpaired) electrons. The quantitative estimate of drug-likeness (QED) is 0.740. The molecule has 0 saturated carbocycles. The summed E-state index contributed by atoms with van der Waals surface area (Å²) in [6.07, 6.45) is 1.78. The molecule has 8 heteroatoms. The predicted molar refractivity (Wildman–Crippen MR) is 114 cm³/mol. The monoisotopic (exact) mass is 428 g/mol. The number of morpholine rings is 1. The Kier molecular flexibility index (Phi) is 5.92. The molecule has 7 nitrogen and oxygen atoms in total. The van der Waals surface area contributed by atoms with E-state index in [2.05, 4.69) is 5.32 Å². The third-order valence-corrected chi connectivity index (χ3v) is 5.21. The Labute approximate surface area is 179 Å². The topological polar surface area (TPSA) is 77.1 Å². The molecular formula is C22H21ClN2O5. The first kappa shape index (κ1) is 20.3. The second-order valence-electron chi connectivity index (χ2n) is 6.89. The molecule has 2 heterocycles. The smallest absolute Gasteiger partial charge is 0.260 e. The molecule has 0 aromatic heterocycles. The van der Waals surface area contributed by atoms with Crippen LogP contribution in [0.15, 0.2) is 36.4 Å². The van der Waals surface area contributed by atoms with Crippen molar-refractivity contribution >= 4 is 40.8 Å². The number of hydrogen-bond acceptors (Lipinski definition) is 5. The number of rotatable bonds is 5. The van der Waals surface area contributed by atoms with Crippen molar-refractivity contribution in [1.82, 2.24) is 4.90 Å². The van der Waals surface area contributed by atoms with E-state index in [0.717, 1.165) is 11.1 Å². The molecule has 1 saturated heterocycles. The summed E-state index contributed by atoms with van der Waals surface area (Å²) in [4.78, 5) is 26.4. The van der Waals surface area contributed by atoms with Gasteiger partial charge in [-0.1, -0.05) is 23.7 Å². The van der Waals surface area contributed by atoms with Gasteiger partial charge in [0.25, 0.3) is 11.8 Å². The van der Waals surface area contributed by atoms with Crippen molar-refractivity contribution in [1.29, 1.82) is 0 Å². The van der Waals surface area contributed by atoms with Crippen LogP contribution in [0.3, 0.4) is 0 Å². The summed E-state index contributed by atoms with van der Waals surface area (Å²) in [6.45, 7) is 2.15. The van der Waals surface area contributed by atoms with Crippen LogP contribution in [0.4, 0.5) is 5.69 Å². The predicted octanol–water partition coefficient (Wildman–Crippen LogP) is 3.08. The molecule has 2 aromatic rings. The third kappa shape index (κ3) is 4.27. The van der Waals surface area contributed by atoms with Gasteiger partial charge in [0.15, 0.2) is 18.1 Å². The SMILES string of the molecule is COc1cc(/C=C2/C(=O)Nc3cc(Cl)ccc32)ccc1OCC(=O)N1CCOCC1. The van der Waals surface area contributed by atoms with Gasteiger partial charge in [-0.05, 0) is 35.9 Å². The first-order chi connectivity index (χ1) is 14.5. The van der Waals surface area contributed by atoms with Crippen molar-refractivity contribution in [3.8, 4) is 11.5 Å². The Hall–Kier alpha value is -3.03. The first-order valence-corrected chi connectivity index (χ1v) is 9.92. The second-order valence-corrected chi connectivity index (χ2v) is 7.33. The van der Waals surface area contributed by atoms with Gasteiger partial charge < -0.3 is 24.4 Å². The van der Waals surface area contributed by atoms with Crippen molar-refractivity contribution in [3.05, 3.63) is 52.5 Å². The lowest BCUT2D eigenvalue weighted by atomic mass is 10.0. The van der Waals surface area contributed by atoms with Crippen LogP contribution < -0.4 is 14.8 Å². The number of anilines is 1. The normalized spacial score (nSPS) is 16.9. The number of carbonyl (C=O) groups excluding carboxylic acids is 2. The third-order valence-electron chi connectivity index (χ3n) is 4.98. The number of halogens is 1. The maximum Gasteiger partial charge on any atom is 0.260 e. The van der Waals surface area contributed by atoms with Crippen LogP contribution in [0.5, 0.6) is 11.5 Å². The second kappa shape index (κ2) is 8.77. The summed E-state index contributed by atoms with van der Waals surface area (Å²) in [5, 5.41) is 3.37. The van der Waals surface area contributed by atoms with Crippen LogP contribution in [0.2, 0.25) is 5.02 Å². The molecule has 0 atom stereocenters. The number of carbonyl (C=O) groups is 2. The molecule has 2 aliphatic heterocycles. The molecule has 30 heavy (non-hydrogen) atoms. The fourth-order valence-corrected chi connectivity index (χ4v) is 3.59. The average molecular weight is 429 g/mol. The lowest BCUT2D eigenvalue weighted by molar-refractivity contribution is -0.137. The van der Waals surface area contributed by atoms with Gasteiger partial charge >= 0.3 is 0 Å². The number of amides is 2. The minimum atomic E-state index is -0.192. The van der Waals surface area contributed by atoms with Gasteiger partial charge in [-0.15, -0.1) is 0 Å². The summed E-state index contributed by atoms with van der Waals surface area (Å²) >= 11 is 6.00. The van der Waals surface area contributed by atoms with Gasteiger partial charge in [-0.25, -0.2) is 0 Å². The zero-order chi connectivity index (χ0) is 21.1. The van der Waals surface area contributed by atoms with Crippen LogP contribution in [-0.4, -0.2) is 56.7 Å². The van der Waals surface area contributed by atoms with E-state index in [1.54, 1.807) is 35.2 Å². The standard InChI is InChI=1S/C22H21ClN2O5/c1-28-20-11-14(10-17-16-4-3-15(23)12-18(16)24-22(17)27)2-5-19(20)30-13-21(26)25-6-8-29-9-7-25/h2-5,10-12H,6-9,13H2,1H3,(H,24,27)/b17-10+. The summed E-state index contributed by atoms with van der Waals surface area (Å²) in [5.74, 6) is 0.658. The van der Waals surface area contributed by atoms with E-state index >= 15 is 0 Å². The van der Waals surface area contributed by atoms with Crippen molar-refractivity contribution in [2.45, 2.75) is 0 Å². The van der Waals surface area contributed by atoms with Crippen LogP contribution in [0, 0.1) is 0 Å². The molecule has 0 unspecified atom stereocenters. The first-order valence-electron chi connectivity index (χ1n) is 9.54. The highest BCUT2D eigenvalue weighted by atomic mass is 35.5. The van der Waals surface area contributed by atoms with Crippen molar-refractivity contribution < 1.29 is 23.8 Å². The van der Waals surface area contributed by atoms with Gasteiger partial charge in [0.05, 0.1) is 26.0 Å². The van der Waals surface area contributed by atoms with Gasteiger partial charge in [0, 0.05) is 29.2 Å². The van der Waals surface area contributed by atoms with E-state index in [9.17, 15) is 9.59 Å². The lowest BCUT2D eigenvalue weighted by Gasteiger charge is -2.26. The number of ether oxygens (including phenoxy) is 3. The highest BCUT2D eigenvalue weighted by Gasteiger charge is 2.24. The molecule has 1 N–H and O–H groups in total. The molecule has 0 spiro atoms. The van der Waals surface area contributed by atoms with Crippen LogP contribution in [-0.2, 0) is 14.3 Å². The van der Waals surface area contributed by atoms with Gasteiger partial charge in [-0.2, -0.15) is 0 Å². The molecule has 2 amide bonds. The maximum absolute atomic E-state index is 12.4. The summed E-state index contributed by atoms with van der Waals surface area (Å²) in [7, 11) is 1.53. The number of nitrogens with one attached hydrogen (secondary N) is 1. The Morgan fingerprint density at radius 1 is 1.20 bits per heavy atom. The number of methoxy groups -OCH3 is 1. The fraction of sp³-hybridized carbons (Fsp3) is 0.273. The largest absolute Gasteiger partial charge is 0.493 e. The molecule has 1 fully saturated rings. The van der Waals surface area contributed by atoms with Gasteiger partial charge in [-0.3, -0.25) is 9.59 Å². The lowest BCUT2D eigenvalue weighted by Crippen LogP contribution is -2.43. The molecule has 0 bridgehead atoms. The summed E-state index contributed by atoms with van der Waals surface area (Å²) in [6, 6.07) is 10.6. The summed E-state index contributed by atoms with van der Waals surface area (Å²) in [5.41, 5.74) is 2.79. The van der Waals surface area contributed by atoms with E-state index < -0.39 is 0 Å². The number of nitrogens with zero attached hydrogens (tertiary/aromatic N) is 1. The van der Waals surface area contributed by atoms with Gasteiger partial charge in [0.1, 0.15) is 0 Å². The Balaban J connectivity index is 1.51. The summed E-state index contributed by atoms with van der Waals surface area (Å²) < 4.78 is 16.4. The van der Waals surface area contributed by atoms with Crippen LogP contribution in [0.25, 0.3) is 11.6 Å². The van der Waals surface area contributed by atoms with Crippen molar-refractivity contribution in [2.75, 3.05) is 45.3 Å². The highest BCUT2D eigenvalue weighted by molar-refractivity contribution is 6.36. The van der Waals surface area contributed by atoms with E-state index in [1.807, 2.05) is 12.1 Å². The zero-order valence-corrected chi connectivity index (χ0v) is 17.2. The van der Waals surface area contributed by atoms with Gasteiger partial charge in [0.2, 0.25) is 0 Å². The molecular weight excluding hydrogens is 408 g/mol. The van der Waals surface area contributed by atoms with Crippen molar-refractivity contribution in [2.24, 2.45) is 0 Å². The molecule has 2 aliphatic rings. The fourth-order valence-electron chi connectivity index (χ4n) is 3.41. The maximum atomic E-state index is 12.4. The van der Waals surface area contributed by atoms with E-state index in [0.29, 0.717) is 54.1 Å². The highest BCUT2D eigenvalue weighted by Crippen LogP contribution is 2.36. The van der Waals surface area contributed by atoms with Crippen LogP contribution >= 0.6 is 11.6 Å². The van der Waals surface area contributed by atoms with E-state index in [1.165, 1.54) is 7.11 Å². The number of hydrogen-bond donors (Lipinski definition) is 1. The molecule has 0 aliphatic carbocycles. The van der Waals surface area contributed by atoms with E-state index in [-0.39, 0.29) is 18.4 Å². The Bertz CT molecular complexity index is 1010. The minimum Gasteiger partial charge on any atom is -0.493 e.